The molecule has 0 radical (unpaired) electrons. The maximum Gasteiger partial charge on any atom is 0.226 e. The number of anilines is 1. The summed E-state index contributed by atoms with van der Waals surface area (Å²) in [5, 5.41) is 4.30. The van der Waals surface area contributed by atoms with Crippen molar-refractivity contribution in [1.29, 1.82) is 0 Å². The van der Waals surface area contributed by atoms with Crippen LogP contribution >= 0.6 is 0 Å². The highest BCUT2D eigenvalue weighted by molar-refractivity contribution is 5.81. The molecule has 0 spiro atoms. The number of carbonyl (C=O) groups excluding carboxylic acids is 1. The summed E-state index contributed by atoms with van der Waals surface area (Å²) in [5.74, 6) is 1.25. The summed E-state index contributed by atoms with van der Waals surface area (Å²) >= 11 is 0. The summed E-state index contributed by atoms with van der Waals surface area (Å²) in [4.78, 5) is 13.7. The third-order valence-corrected chi connectivity index (χ3v) is 3.20. The van der Waals surface area contributed by atoms with E-state index in [0.717, 1.165) is 24.1 Å². The molecule has 1 fully saturated rings. The van der Waals surface area contributed by atoms with Crippen LogP contribution in [0.2, 0.25) is 0 Å². The van der Waals surface area contributed by atoms with Gasteiger partial charge in [-0.1, -0.05) is 0 Å². The van der Waals surface area contributed by atoms with Gasteiger partial charge in [-0.15, -0.1) is 0 Å². The smallest absolute Gasteiger partial charge is 0.226 e. The molecule has 5 heteroatoms. The average Bonchev–Trinajstić information content (AvgIpc) is 2.92. The Bertz CT molecular complexity index is 433. The lowest BCUT2D eigenvalue weighted by Gasteiger charge is -2.15. The van der Waals surface area contributed by atoms with Gasteiger partial charge in [0.1, 0.15) is 5.82 Å². The molecular formula is C10H14N4O. The van der Waals surface area contributed by atoms with Crippen LogP contribution in [0, 0.1) is 5.92 Å². The first-order valence-electron chi connectivity index (χ1n) is 5.26. The number of fused-ring (bicyclic) bond motifs is 1. The molecule has 5 nitrogen and oxygen atoms in total. The molecule has 1 saturated carbocycles. The summed E-state index contributed by atoms with van der Waals surface area (Å²) in [6.45, 7) is 1.28. The summed E-state index contributed by atoms with van der Waals surface area (Å²) in [5.41, 5.74) is 7.87. The van der Waals surface area contributed by atoms with E-state index in [1.165, 1.54) is 0 Å². The van der Waals surface area contributed by atoms with Crippen molar-refractivity contribution in [2.24, 2.45) is 13.0 Å². The predicted octanol–water partition coefficient (Wildman–Crippen LogP) is 0.254. The van der Waals surface area contributed by atoms with Gasteiger partial charge in [0.25, 0.3) is 0 Å². The molecule has 1 aromatic rings. The standard InChI is InChI=1S/C10H14N4O/c1-13-9(11)7-4-14(5-8(7)12-13)10(15)6-2-3-6/h6H,2-5,11H2,1H3. The van der Waals surface area contributed by atoms with E-state index in [2.05, 4.69) is 5.10 Å². The molecular weight excluding hydrogens is 192 g/mol. The summed E-state index contributed by atoms with van der Waals surface area (Å²) < 4.78 is 1.68. The minimum absolute atomic E-state index is 0.273. The van der Waals surface area contributed by atoms with Crippen LogP contribution in [0.5, 0.6) is 0 Å². The van der Waals surface area contributed by atoms with Gasteiger partial charge in [-0.2, -0.15) is 5.10 Å². The number of nitrogens with two attached hydrogens (primary N) is 1. The van der Waals surface area contributed by atoms with E-state index in [4.69, 9.17) is 5.73 Å². The summed E-state index contributed by atoms with van der Waals surface area (Å²) in [6.07, 6.45) is 2.10. The highest BCUT2D eigenvalue weighted by atomic mass is 16.2. The van der Waals surface area contributed by atoms with Gasteiger partial charge in [0, 0.05) is 18.5 Å². The fourth-order valence-electron chi connectivity index (χ4n) is 2.11. The Morgan fingerprint density at radius 2 is 2.20 bits per heavy atom. The minimum atomic E-state index is 0.273. The van der Waals surface area contributed by atoms with Crippen LogP contribution in [0.15, 0.2) is 0 Å². The molecule has 0 atom stereocenters. The van der Waals surface area contributed by atoms with Crippen LogP contribution in [-0.4, -0.2) is 20.6 Å². The number of nitrogens with zero attached hydrogens (tertiary/aromatic N) is 3. The highest BCUT2D eigenvalue weighted by Crippen LogP contribution is 2.35. The molecule has 2 aliphatic rings. The van der Waals surface area contributed by atoms with E-state index in [1.54, 1.807) is 4.68 Å². The summed E-state index contributed by atoms with van der Waals surface area (Å²) in [7, 11) is 1.83. The quantitative estimate of drug-likeness (QED) is 0.716. The van der Waals surface area contributed by atoms with Crippen molar-refractivity contribution < 1.29 is 4.79 Å². The van der Waals surface area contributed by atoms with Crippen molar-refractivity contribution in [3.05, 3.63) is 11.3 Å². The Morgan fingerprint density at radius 3 is 2.80 bits per heavy atom. The Balaban J connectivity index is 1.83. The fourth-order valence-corrected chi connectivity index (χ4v) is 2.11. The van der Waals surface area contributed by atoms with Gasteiger partial charge in [0.05, 0.1) is 18.8 Å². The monoisotopic (exact) mass is 206 g/mol. The van der Waals surface area contributed by atoms with Crippen molar-refractivity contribution >= 4 is 11.7 Å². The van der Waals surface area contributed by atoms with Crippen molar-refractivity contribution in [2.75, 3.05) is 5.73 Å². The zero-order valence-corrected chi connectivity index (χ0v) is 8.73. The number of carbonyl (C=O) groups is 1. The van der Waals surface area contributed by atoms with Crippen molar-refractivity contribution in [3.63, 3.8) is 0 Å². The van der Waals surface area contributed by atoms with Crippen LogP contribution < -0.4 is 5.73 Å². The molecule has 1 aliphatic carbocycles. The molecule has 0 saturated heterocycles. The van der Waals surface area contributed by atoms with E-state index < -0.39 is 0 Å². The molecule has 15 heavy (non-hydrogen) atoms. The highest BCUT2D eigenvalue weighted by Gasteiger charge is 2.37. The molecule has 2 heterocycles. The van der Waals surface area contributed by atoms with Gasteiger partial charge in [0.15, 0.2) is 0 Å². The molecule has 2 N–H and O–H groups in total. The molecule has 0 aromatic carbocycles. The van der Waals surface area contributed by atoms with Gasteiger partial charge in [-0.05, 0) is 12.8 Å². The van der Waals surface area contributed by atoms with E-state index in [9.17, 15) is 4.79 Å². The Kier molecular flexibility index (Phi) is 1.60. The molecule has 0 unspecified atom stereocenters. The number of nitrogen functional groups attached to an aromatic ring is 1. The second-order valence-corrected chi connectivity index (χ2v) is 4.40. The number of aryl methyl sites for hydroxylation is 1. The van der Waals surface area contributed by atoms with Gasteiger partial charge < -0.3 is 10.6 Å². The van der Waals surface area contributed by atoms with Crippen LogP contribution in [-0.2, 0) is 24.9 Å². The Morgan fingerprint density at radius 1 is 1.47 bits per heavy atom. The van der Waals surface area contributed by atoms with Crippen LogP contribution in [0.25, 0.3) is 0 Å². The van der Waals surface area contributed by atoms with E-state index >= 15 is 0 Å². The normalized spacial score (nSPS) is 19.4. The molecule has 1 aromatic heterocycles. The largest absolute Gasteiger partial charge is 0.384 e. The number of hydrogen-bond donors (Lipinski definition) is 1. The first-order valence-corrected chi connectivity index (χ1v) is 5.26. The van der Waals surface area contributed by atoms with Crippen LogP contribution in [0.1, 0.15) is 24.1 Å². The number of rotatable bonds is 1. The van der Waals surface area contributed by atoms with E-state index in [1.807, 2.05) is 11.9 Å². The molecule has 80 valence electrons. The Labute approximate surface area is 87.8 Å². The third kappa shape index (κ3) is 1.22. The predicted molar refractivity (Wildman–Crippen MR) is 54.6 cm³/mol. The van der Waals surface area contributed by atoms with Crippen LogP contribution in [0.4, 0.5) is 5.82 Å². The first kappa shape index (κ1) is 8.76. The lowest BCUT2D eigenvalue weighted by atomic mass is 10.3. The molecule has 1 aliphatic heterocycles. The second-order valence-electron chi connectivity index (χ2n) is 4.40. The van der Waals surface area contributed by atoms with E-state index in [0.29, 0.717) is 18.9 Å². The maximum atomic E-state index is 11.8. The van der Waals surface area contributed by atoms with Gasteiger partial charge >= 0.3 is 0 Å². The average molecular weight is 206 g/mol. The van der Waals surface area contributed by atoms with Crippen molar-refractivity contribution in [1.82, 2.24) is 14.7 Å². The van der Waals surface area contributed by atoms with Crippen LogP contribution in [0.3, 0.4) is 0 Å². The van der Waals surface area contributed by atoms with Gasteiger partial charge in [0.2, 0.25) is 5.91 Å². The van der Waals surface area contributed by atoms with E-state index in [-0.39, 0.29) is 11.8 Å². The number of hydrogen-bond acceptors (Lipinski definition) is 3. The van der Waals surface area contributed by atoms with Crippen molar-refractivity contribution in [2.45, 2.75) is 25.9 Å². The topological polar surface area (TPSA) is 64.2 Å². The zero-order valence-electron chi connectivity index (χ0n) is 8.73. The number of aromatic nitrogens is 2. The molecule has 1 amide bonds. The lowest BCUT2D eigenvalue weighted by Crippen LogP contribution is -2.27. The van der Waals surface area contributed by atoms with Gasteiger partial charge in [-0.25, -0.2) is 0 Å². The lowest BCUT2D eigenvalue weighted by molar-refractivity contribution is -0.133. The SMILES string of the molecule is Cn1nc2c(c1N)CN(C(=O)C1CC1)C2. The fraction of sp³-hybridized carbons (Fsp3) is 0.600. The molecule has 0 bridgehead atoms. The minimum Gasteiger partial charge on any atom is -0.384 e. The number of amides is 1. The second kappa shape index (κ2) is 2.74. The third-order valence-electron chi connectivity index (χ3n) is 3.20. The van der Waals surface area contributed by atoms with Gasteiger partial charge in [-0.3, -0.25) is 9.48 Å². The first-order chi connectivity index (χ1) is 7.16. The van der Waals surface area contributed by atoms with Crippen molar-refractivity contribution in [3.8, 4) is 0 Å². The molecule has 3 rings (SSSR count). The zero-order chi connectivity index (χ0) is 10.6. The Hall–Kier alpha value is -1.52. The summed E-state index contributed by atoms with van der Waals surface area (Å²) in [6, 6.07) is 0. The maximum absolute atomic E-state index is 11.8.